The van der Waals surface area contributed by atoms with Crippen LogP contribution in [0, 0.1) is 5.92 Å². The number of guanidine groups is 1. The molecule has 4 rings (SSSR count). The van der Waals surface area contributed by atoms with Gasteiger partial charge in [0.2, 0.25) is 0 Å². The fourth-order valence-electron chi connectivity index (χ4n) is 5.28. The van der Waals surface area contributed by atoms with E-state index >= 15 is 0 Å². The lowest BCUT2D eigenvalue weighted by Gasteiger charge is -2.39. The van der Waals surface area contributed by atoms with Crippen molar-refractivity contribution in [2.75, 3.05) is 39.5 Å². The van der Waals surface area contributed by atoms with Gasteiger partial charge in [-0.2, -0.15) is 0 Å². The highest BCUT2D eigenvalue weighted by atomic mass is 16.5. The molecule has 0 saturated carbocycles. The molecule has 31 heavy (non-hydrogen) atoms. The molecule has 6 heteroatoms. The monoisotopic (exact) mass is 428 g/mol. The zero-order chi connectivity index (χ0) is 21.3. The topological polar surface area (TPSA) is 58.1 Å². The third-order valence-electron chi connectivity index (χ3n) is 6.87. The van der Waals surface area contributed by atoms with Crippen molar-refractivity contribution in [3.8, 4) is 0 Å². The number of ether oxygens (including phenoxy) is 2. The third-order valence-corrected chi connectivity index (χ3v) is 6.87. The summed E-state index contributed by atoms with van der Waals surface area (Å²) in [5.74, 6) is 1.55. The van der Waals surface area contributed by atoms with Crippen LogP contribution in [0.4, 0.5) is 0 Å². The summed E-state index contributed by atoms with van der Waals surface area (Å²) < 4.78 is 11.2. The lowest BCUT2D eigenvalue weighted by molar-refractivity contribution is 0.0893. The molecule has 3 fully saturated rings. The molecule has 0 amide bonds. The van der Waals surface area contributed by atoms with E-state index in [1.165, 1.54) is 31.2 Å². The normalized spacial score (nSPS) is 28.7. The van der Waals surface area contributed by atoms with E-state index in [1.807, 2.05) is 0 Å². The highest BCUT2D eigenvalue weighted by molar-refractivity contribution is 5.80. The zero-order valence-corrected chi connectivity index (χ0v) is 19.1. The van der Waals surface area contributed by atoms with Crippen LogP contribution in [-0.4, -0.2) is 68.5 Å². The number of aliphatic imine (C=N–C) groups is 1. The summed E-state index contributed by atoms with van der Waals surface area (Å²) in [6.45, 7) is 8.27. The summed E-state index contributed by atoms with van der Waals surface area (Å²) in [6, 6.07) is 12.8. The number of nitrogens with zero attached hydrogens (tertiary/aromatic N) is 2. The van der Waals surface area contributed by atoms with Crippen molar-refractivity contribution >= 4 is 5.96 Å². The summed E-state index contributed by atoms with van der Waals surface area (Å²) in [4.78, 5) is 7.55. The first-order chi connectivity index (χ1) is 15.3. The van der Waals surface area contributed by atoms with E-state index in [0.717, 1.165) is 64.9 Å². The van der Waals surface area contributed by atoms with E-state index in [0.29, 0.717) is 24.0 Å². The van der Waals surface area contributed by atoms with Gasteiger partial charge in [-0.25, -0.2) is 0 Å². The Bertz CT molecular complexity index is 663. The van der Waals surface area contributed by atoms with Crippen LogP contribution >= 0.6 is 0 Å². The molecular formula is C25H40N4O2. The molecule has 3 saturated heterocycles. The number of benzene rings is 1. The number of hydrogen-bond donors (Lipinski definition) is 2. The fourth-order valence-corrected chi connectivity index (χ4v) is 5.28. The lowest BCUT2D eigenvalue weighted by Crippen LogP contribution is -2.52. The number of hydrogen-bond acceptors (Lipinski definition) is 4. The molecule has 0 spiro atoms. The fraction of sp³-hybridized carbons (Fsp3) is 0.720. The predicted octanol–water partition coefficient (Wildman–Crippen LogP) is 3.18. The van der Waals surface area contributed by atoms with E-state index in [1.54, 1.807) is 0 Å². The second-order valence-corrected chi connectivity index (χ2v) is 9.27. The molecule has 0 aromatic heterocycles. The average Bonchev–Trinajstić information content (AvgIpc) is 3.37. The number of fused-ring (bicyclic) bond motifs is 2. The molecule has 6 nitrogen and oxygen atoms in total. The van der Waals surface area contributed by atoms with Gasteiger partial charge in [-0.1, -0.05) is 30.3 Å². The van der Waals surface area contributed by atoms with Crippen LogP contribution in [0.2, 0.25) is 0 Å². The molecule has 2 N–H and O–H groups in total. The molecule has 3 aliphatic rings. The van der Waals surface area contributed by atoms with Crippen LogP contribution in [0.5, 0.6) is 0 Å². The van der Waals surface area contributed by atoms with Crippen LogP contribution in [-0.2, 0) is 16.0 Å². The molecule has 1 aromatic carbocycles. The van der Waals surface area contributed by atoms with Gasteiger partial charge < -0.3 is 20.1 Å². The minimum atomic E-state index is 0.515. The summed E-state index contributed by atoms with van der Waals surface area (Å²) in [5, 5.41) is 7.17. The van der Waals surface area contributed by atoms with Crippen molar-refractivity contribution in [3.63, 3.8) is 0 Å². The maximum atomic E-state index is 5.81. The van der Waals surface area contributed by atoms with Gasteiger partial charge in [-0.15, -0.1) is 0 Å². The van der Waals surface area contributed by atoms with Crippen molar-refractivity contribution in [1.29, 1.82) is 0 Å². The minimum absolute atomic E-state index is 0.515. The third kappa shape index (κ3) is 6.67. The Kier molecular flexibility index (Phi) is 8.62. The molecular weight excluding hydrogens is 388 g/mol. The van der Waals surface area contributed by atoms with Gasteiger partial charge in [-0.3, -0.25) is 9.89 Å². The van der Waals surface area contributed by atoms with Crippen molar-refractivity contribution in [2.45, 2.75) is 70.1 Å². The Hall–Kier alpha value is -1.63. The predicted molar refractivity (Wildman–Crippen MR) is 125 cm³/mol. The largest absolute Gasteiger partial charge is 0.381 e. The van der Waals surface area contributed by atoms with Crippen LogP contribution in [0.15, 0.2) is 35.3 Å². The Labute approximate surface area is 187 Å². The highest BCUT2D eigenvalue weighted by Gasteiger charge is 2.40. The summed E-state index contributed by atoms with van der Waals surface area (Å²) in [5.41, 5.74) is 1.43. The number of rotatable bonds is 10. The number of piperidine rings is 1. The molecule has 3 atom stereocenters. The van der Waals surface area contributed by atoms with Crippen LogP contribution in [0.1, 0.15) is 51.0 Å². The van der Waals surface area contributed by atoms with Crippen LogP contribution < -0.4 is 10.6 Å². The van der Waals surface area contributed by atoms with Gasteiger partial charge in [0, 0.05) is 56.9 Å². The zero-order valence-electron chi connectivity index (χ0n) is 19.1. The highest BCUT2D eigenvalue weighted by Crippen LogP contribution is 2.36. The van der Waals surface area contributed by atoms with E-state index < -0.39 is 0 Å². The summed E-state index contributed by atoms with van der Waals surface area (Å²) in [7, 11) is 0. The maximum Gasteiger partial charge on any atom is 0.191 e. The summed E-state index contributed by atoms with van der Waals surface area (Å²) >= 11 is 0. The first kappa shape index (κ1) is 22.6. The van der Waals surface area contributed by atoms with Crippen molar-refractivity contribution in [1.82, 2.24) is 15.5 Å². The van der Waals surface area contributed by atoms with Gasteiger partial charge in [-0.05, 0) is 51.0 Å². The first-order valence-corrected chi connectivity index (χ1v) is 12.3. The van der Waals surface area contributed by atoms with Crippen molar-refractivity contribution in [2.24, 2.45) is 10.9 Å². The molecule has 0 aliphatic carbocycles. The molecule has 172 valence electrons. The Morgan fingerprint density at radius 3 is 2.68 bits per heavy atom. The Balaban J connectivity index is 1.20. The second kappa shape index (κ2) is 11.8. The maximum absolute atomic E-state index is 5.81. The minimum Gasteiger partial charge on any atom is -0.381 e. The van der Waals surface area contributed by atoms with E-state index in [-0.39, 0.29) is 0 Å². The average molecular weight is 429 g/mol. The molecule has 3 heterocycles. The van der Waals surface area contributed by atoms with Crippen LogP contribution in [0.3, 0.4) is 0 Å². The quantitative estimate of drug-likeness (QED) is 0.341. The Morgan fingerprint density at radius 2 is 1.97 bits per heavy atom. The van der Waals surface area contributed by atoms with E-state index in [4.69, 9.17) is 14.5 Å². The second-order valence-electron chi connectivity index (χ2n) is 9.27. The first-order valence-electron chi connectivity index (χ1n) is 12.3. The Morgan fingerprint density at radius 1 is 1.16 bits per heavy atom. The molecule has 0 radical (unpaired) electrons. The SMILES string of the molecule is CCNC(=NCCCOCC1CCOC1)NC1CC2CCC(C1)N2Cc1ccccc1. The van der Waals surface area contributed by atoms with Gasteiger partial charge in [0.05, 0.1) is 13.2 Å². The van der Waals surface area contributed by atoms with Crippen molar-refractivity contribution in [3.05, 3.63) is 35.9 Å². The van der Waals surface area contributed by atoms with E-state index in [9.17, 15) is 0 Å². The molecule has 1 aromatic rings. The van der Waals surface area contributed by atoms with E-state index in [2.05, 4.69) is 52.8 Å². The van der Waals surface area contributed by atoms with Gasteiger partial charge >= 0.3 is 0 Å². The molecule has 3 aliphatic heterocycles. The lowest BCUT2D eigenvalue weighted by atomic mass is 9.96. The standard InChI is InChI=1S/C25H40N4O2/c1-2-26-25(27-12-6-13-30-18-21-11-14-31-19-21)28-22-15-23-9-10-24(16-22)29(23)17-20-7-4-3-5-8-20/h3-5,7-8,21-24H,2,6,9-19H2,1H3,(H2,26,27,28). The summed E-state index contributed by atoms with van der Waals surface area (Å²) in [6.07, 6.45) is 7.17. The van der Waals surface area contributed by atoms with Gasteiger partial charge in [0.25, 0.3) is 0 Å². The van der Waals surface area contributed by atoms with Crippen LogP contribution in [0.25, 0.3) is 0 Å². The molecule has 3 unspecified atom stereocenters. The number of nitrogens with one attached hydrogen (secondary N) is 2. The molecule has 2 bridgehead atoms. The smallest absolute Gasteiger partial charge is 0.191 e. The van der Waals surface area contributed by atoms with Gasteiger partial charge in [0.1, 0.15) is 0 Å². The van der Waals surface area contributed by atoms with Gasteiger partial charge in [0.15, 0.2) is 5.96 Å². The van der Waals surface area contributed by atoms with Crippen molar-refractivity contribution < 1.29 is 9.47 Å².